The first-order valence-corrected chi connectivity index (χ1v) is 12.9. The second-order valence-electron chi connectivity index (χ2n) is 7.75. The SMILES string of the molecule is CC(C)=O.Cc1cc[c-]cc1S.Cc1cc[c-]cc1Sc1ccncc1C(=O)O.O=C(O)c1cnccc1Cl.[U].[U]. The van der Waals surface area contributed by atoms with Crippen molar-refractivity contribution < 1.29 is 86.8 Å². The number of halogens is 1. The van der Waals surface area contributed by atoms with Gasteiger partial charge in [0.1, 0.15) is 5.78 Å². The number of aromatic nitrogens is 2. The molecule has 0 aliphatic rings. The molecule has 0 bridgehead atoms. The van der Waals surface area contributed by atoms with Crippen molar-refractivity contribution in [3.05, 3.63) is 113 Å². The fourth-order valence-electron chi connectivity index (χ4n) is 2.39. The quantitative estimate of drug-likeness (QED) is 0.146. The summed E-state index contributed by atoms with van der Waals surface area (Å²) < 4.78 is 0. The molecule has 0 spiro atoms. The van der Waals surface area contributed by atoms with E-state index in [1.165, 1.54) is 55.8 Å². The molecule has 0 aliphatic heterocycles. The maximum absolute atomic E-state index is 11.0. The average Bonchev–Trinajstić information content (AvgIpc) is 2.88. The largest absolute Gasteiger partial charge is 0.478 e. The first-order chi connectivity index (χ1) is 18.4. The van der Waals surface area contributed by atoms with Crippen LogP contribution in [0.2, 0.25) is 5.02 Å². The summed E-state index contributed by atoms with van der Waals surface area (Å²) in [5.41, 5.74) is 2.55. The predicted octanol–water partition coefficient (Wildman–Crippen LogP) is 7.15. The number of carbonyl (C=O) groups excluding carboxylic acids is 1. The van der Waals surface area contributed by atoms with Gasteiger partial charge in [-0.1, -0.05) is 30.3 Å². The second-order valence-corrected chi connectivity index (χ2v) is 9.72. The van der Waals surface area contributed by atoms with Gasteiger partial charge in [-0.15, -0.1) is 16.0 Å². The maximum atomic E-state index is 11.0. The van der Waals surface area contributed by atoms with E-state index in [2.05, 4.69) is 34.7 Å². The van der Waals surface area contributed by atoms with Crippen LogP contribution in [0.15, 0.2) is 88.0 Å². The molecule has 7 nitrogen and oxygen atoms in total. The monoisotopic (exact) mass is 1060 g/mol. The van der Waals surface area contributed by atoms with Gasteiger partial charge in [-0.2, -0.15) is 60.3 Å². The van der Waals surface area contributed by atoms with Crippen molar-refractivity contribution in [2.24, 2.45) is 0 Å². The maximum Gasteiger partial charge on any atom is 0.338 e. The number of nitrogens with zero attached hydrogens (tertiary/aromatic N) is 2. The van der Waals surface area contributed by atoms with Crippen molar-refractivity contribution in [2.45, 2.75) is 42.4 Å². The van der Waals surface area contributed by atoms with Crippen molar-refractivity contribution in [3.8, 4) is 0 Å². The molecule has 2 aromatic carbocycles. The van der Waals surface area contributed by atoms with Crippen molar-refractivity contribution in [1.82, 2.24) is 9.97 Å². The van der Waals surface area contributed by atoms with E-state index < -0.39 is 11.9 Å². The molecule has 2 heterocycles. The van der Waals surface area contributed by atoms with Crippen LogP contribution in [0.4, 0.5) is 0 Å². The van der Waals surface area contributed by atoms with Gasteiger partial charge in [0, 0.05) is 91.9 Å². The molecule has 0 unspecified atom stereocenters. The van der Waals surface area contributed by atoms with E-state index in [0.29, 0.717) is 4.90 Å². The van der Waals surface area contributed by atoms with Crippen molar-refractivity contribution >= 4 is 53.7 Å². The zero-order valence-corrected chi connectivity index (χ0v) is 33.5. The Hall–Kier alpha value is -1.56. The molecule has 212 valence electrons. The number of ketones is 1. The molecule has 2 aromatic heterocycles. The number of carbonyl (C=O) groups is 3. The molecule has 0 atom stereocenters. The molecule has 12 heteroatoms. The smallest absolute Gasteiger partial charge is 0.338 e. The zero-order valence-electron chi connectivity index (χ0n) is 22.7. The Morgan fingerprint density at radius 3 is 1.71 bits per heavy atom. The van der Waals surface area contributed by atoms with Gasteiger partial charge < -0.3 is 15.0 Å². The first-order valence-electron chi connectivity index (χ1n) is 11.2. The molecule has 0 saturated heterocycles. The minimum atomic E-state index is -1.06. The Bertz CT molecular complexity index is 1390. The van der Waals surface area contributed by atoms with E-state index in [9.17, 15) is 14.4 Å². The molecular formula is C29H27ClN2O5S2U2-2. The van der Waals surface area contributed by atoms with Crippen LogP contribution in [-0.4, -0.2) is 37.9 Å². The van der Waals surface area contributed by atoms with Gasteiger partial charge in [-0.25, -0.2) is 22.2 Å². The topological polar surface area (TPSA) is 117 Å². The minimum Gasteiger partial charge on any atom is -0.478 e. The Balaban J connectivity index is 0. The number of aryl methyl sites for hydroxylation is 2. The number of Topliss-reactive ketones (excluding diaryl/α,β-unsaturated/α-hetero) is 1. The standard InChI is InChI=1S/C13H10NO2S.C7H7S.C6H4ClNO2.C3H6O.2U/c1-9-4-2-3-5-11(9)17-12-6-7-14-8-10(12)13(15)16;1-6-4-2-3-5-7(6)8;7-5-1-2-8-3-4(5)6(9)10;1-3(2)4;;/h2,4-8H,1H3,(H,15,16);2,4-5,8H,1H3;1-3H,(H,9,10);1-2H3;;/q2*-1;;;;. The number of thiol groups is 1. The summed E-state index contributed by atoms with van der Waals surface area (Å²) >= 11 is 11.1. The van der Waals surface area contributed by atoms with Crippen LogP contribution in [0.25, 0.3) is 0 Å². The van der Waals surface area contributed by atoms with Gasteiger partial charge >= 0.3 is 11.9 Å². The van der Waals surface area contributed by atoms with Gasteiger partial charge in [0.25, 0.3) is 0 Å². The molecule has 0 radical (unpaired) electrons. The summed E-state index contributed by atoms with van der Waals surface area (Å²) in [5.74, 6) is -1.85. The molecule has 41 heavy (non-hydrogen) atoms. The van der Waals surface area contributed by atoms with Crippen LogP contribution in [0.3, 0.4) is 0 Å². The van der Waals surface area contributed by atoms with Gasteiger partial charge in [-0.05, 0) is 26.0 Å². The first kappa shape index (κ1) is 41.6. The third-order valence-corrected chi connectivity index (χ3v) is 6.36. The van der Waals surface area contributed by atoms with E-state index in [1.807, 2.05) is 50.2 Å². The van der Waals surface area contributed by atoms with E-state index in [4.69, 9.17) is 21.8 Å². The van der Waals surface area contributed by atoms with Crippen LogP contribution in [0.5, 0.6) is 0 Å². The average molecular weight is 1060 g/mol. The third kappa shape index (κ3) is 17.2. The number of carboxylic acids is 2. The third-order valence-electron chi connectivity index (χ3n) is 4.32. The molecule has 0 saturated carbocycles. The van der Waals surface area contributed by atoms with Crippen molar-refractivity contribution in [1.29, 1.82) is 0 Å². The molecular weight excluding hydrogens is 1030 g/mol. The summed E-state index contributed by atoms with van der Waals surface area (Å²) in [7, 11) is 0. The predicted molar refractivity (Wildman–Crippen MR) is 155 cm³/mol. The Morgan fingerprint density at radius 2 is 1.29 bits per heavy atom. The summed E-state index contributed by atoms with van der Waals surface area (Å²) in [6.07, 6.45) is 5.61. The van der Waals surface area contributed by atoms with E-state index in [-0.39, 0.29) is 84.2 Å². The van der Waals surface area contributed by atoms with E-state index >= 15 is 0 Å². The van der Waals surface area contributed by atoms with Gasteiger partial charge in [0.15, 0.2) is 0 Å². The number of rotatable bonds is 4. The molecule has 4 rings (SSSR count). The molecule has 2 N–H and O–H groups in total. The number of pyridine rings is 2. The molecule has 0 amide bonds. The fourth-order valence-corrected chi connectivity index (χ4v) is 3.69. The molecule has 0 fully saturated rings. The number of benzene rings is 2. The minimum absolute atomic E-state index is 0. The number of carboxylic acid groups (broad SMARTS) is 2. The molecule has 0 aliphatic carbocycles. The summed E-state index contributed by atoms with van der Waals surface area (Å²) in [4.78, 5) is 40.9. The van der Waals surface area contributed by atoms with E-state index in [1.54, 1.807) is 12.3 Å². The Morgan fingerprint density at radius 1 is 0.805 bits per heavy atom. The van der Waals surface area contributed by atoms with Crippen LogP contribution in [0.1, 0.15) is 45.7 Å². The van der Waals surface area contributed by atoms with Gasteiger partial charge in [-0.3, -0.25) is 9.97 Å². The Kier molecular flexibility index (Phi) is 23.3. The van der Waals surface area contributed by atoms with Gasteiger partial charge in [0.2, 0.25) is 0 Å². The van der Waals surface area contributed by atoms with Crippen LogP contribution in [0, 0.1) is 88.2 Å². The van der Waals surface area contributed by atoms with Crippen molar-refractivity contribution in [3.63, 3.8) is 0 Å². The summed E-state index contributed by atoms with van der Waals surface area (Å²) in [6.45, 7) is 7.06. The summed E-state index contributed by atoms with van der Waals surface area (Å²) in [5, 5.41) is 17.7. The zero-order chi connectivity index (χ0) is 29.4. The number of hydrogen-bond acceptors (Lipinski definition) is 7. The van der Waals surface area contributed by atoms with Crippen molar-refractivity contribution in [2.75, 3.05) is 0 Å². The van der Waals surface area contributed by atoms with Crippen LogP contribution in [-0.2, 0) is 4.79 Å². The van der Waals surface area contributed by atoms with Gasteiger partial charge in [0.05, 0.1) is 16.1 Å². The van der Waals surface area contributed by atoms with E-state index in [0.717, 1.165) is 15.4 Å². The fraction of sp³-hybridized carbons (Fsp3) is 0.138. The normalized spacial score (nSPS) is 8.93. The number of hydrogen-bond donors (Lipinski definition) is 3. The number of aromatic carboxylic acids is 2. The summed E-state index contributed by atoms with van der Waals surface area (Å²) in [6, 6.07) is 20.4. The second kappa shape index (κ2) is 23.0. The van der Waals surface area contributed by atoms with Crippen LogP contribution >= 0.6 is 36.0 Å². The molecule has 4 aromatic rings. The Labute approximate surface area is 302 Å². The van der Waals surface area contributed by atoms with Crippen LogP contribution < -0.4 is 0 Å².